The highest BCUT2D eigenvalue weighted by atomic mass is 33.1. The van der Waals surface area contributed by atoms with Crippen molar-refractivity contribution in [3.63, 3.8) is 0 Å². The Balaban J connectivity index is 5.47. The molecule has 0 heterocycles. The monoisotopic (exact) mass is 753 g/mol. The van der Waals surface area contributed by atoms with Gasteiger partial charge in [-0.3, -0.25) is 43.2 Å². The quantitative estimate of drug-likeness (QED) is 0.0160. The molecule has 0 aliphatic carbocycles. The fourth-order valence-electron chi connectivity index (χ4n) is 3.50. The lowest BCUT2D eigenvalue weighted by Gasteiger charge is -2.25. The topological polar surface area (TPSA) is 320 Å². The molecule has 8 amide bonds. The van der Waals surface area contributed by atoms with Crippen molar-refractivity contribution in [2.45, 2.75) is 50.2 Å². The number of oxime groups is 1. The second-order valence-electron chi connectivity index (χ2n) is 9.77. The average molecular weight is 754 g/mol. The number of aliphatic carboxylic acids is 1. The first-order valence-corrected chi connectivity index (χ1v) is 18.4. The molecule has 0 aromatic heterocycles. The molecule has 11 N–H and O–H groups in total. The van der Waals surface area contributed by atoms with Crippen molar-refractivity contribution in [2.24, 2.45) is 16.6 Å². The predicted octanol–water partition coefficient (Wildman–Crippen LogP) is -3.83. The molecule has 0 saturated heterocycles. The van der Waals surface area contributed by atoms with Gasteiger partial charge < -0.3 is 53.3 Å². The summed E-state index contributed by atoms with van der Waals surface area (Å²) in [7, 11) is 1.82. The van der Waals surface area contributed by atoms with E-state index in [0.29, 0.717) is 5.75 Å². The molecule has 0 unspecified atom stereocenters. The third kappa shape index (κ3) is 23.7. The smallest absolute Gasteiger partial charge is 0.314 e. The van der Waals surface area contributed by atoms with Gasteiger partial charge in [-0.05, 0) is 31.3 Å². The van der Waals surface area contributed by atoms with Crippen LogP contribution in [0.2, 0.25) is 0 Å². The fraction of sp³-hybridized carbons (Fsp3) is 0.615. The first kappa shape index (κ1) is 44.8. The van der Waals surface area contributed by atoms with Gasteiger partial charge in [-0.2, -0.15) is 11.8 Å². The molecule has 20 nitrogen and oxygen atoms in total. The third-order valence-electron chi connectivity index (χ3n) is 5.82. The summed E-state index contributed by atoms with van der Waals surface area (Å²) in [4.78, 5) is 114. The van der Waals surface area contributed by atoms with Crippen molar-refractivity contribution >= 4 is 93.3 Å². The maximum Gasteiger partial charge on any atom is 0.314 e. The zero-order valence-corrected chi connectivity index (χ0v) is 29.2. The van der Waals surface area contributed by atoms with E-state index in [0.717, 1.165) is 21.6 Å². The second-order valence-corrected chi connectivity index (χ2v) is 13.2. The number of nitrogens with two attached hydrogens (primary N) is 2. The van der Waals surface area contributed by atoms with E-state index in [9.17, 15) is 43.2 Å². The summed E-state index contributed by atoms with van der Waals surface area (Å²) >= 11 is 1.37. The van der Waals surface area contributed by atoms with Crippen molar-refractivity contribution < 1.29 is 53.1 Å². The first-order chi connectivity index (χ1) is 23.2. The number of carbonyl (C=O) groups excluding carboxylic acids is 8. The Bertz CT molecular complexity index is 1180. The van der Waals surface area contributed by atoms with E-state index >= 15 is 0 Å². The van der Waals surface area contributed by atoms with Crippen LogP contribution in [0.5, 0.6) is 0 Å². The van der Waals surface area contributed by atoms with Crippen LogP contribution >= 0.6 is 33.3 Å². The van der Waals surface area contributed by atoms with Gasteiger partial charge in [0, 0.05) is 32.6 Å². The van der Waals surface area contributed by atoms with E-state index in [-0.39, 0.29) is 63.3 Å². The maximum atomic E-state index is 13.3. The molecule has 0 aliphatic rings. The Labute approximate surface area is 294 Å². The van der Waals surface area contributed by atoms with Crippen molar-refractivity contribution in [1.29, 1.82) is 0 Å². The Morgan fingerprint density at radius 3 is 1.73 bits per heavy atom. The predicted molar refractivity (Wildman–Crippen MR) is 183 cm³/mol. The molecule has 49 heavy (non-hydrogen) atoms. The van der Waals surface area contributed by atoms with Crippen LogP contribution in [0, 0.1) is 0 Å². The number of rotatable bonds is 28. The summed E-state index contributed by atoms with van der Waals surface area (Å²) in [5, 5.41) is 26.5. The molecule has 0 radical (unpaired) electrons. The van der Waals surface area contributed by atoms with Crippen molar-refractivity contribution in [3.05, 3.63) is 0 Å². The maximum absolute atomic E-state index is 13.3. The fourth-order valence-corrected chi connectivity index (χ4v) is 5.55. The SMILES string of the molecule is C=NOCC(=O)NCCNC(=O)CNC(=O)[C@H](CCSC)NC(=O)[C@H](CCC(N)=O)NC(=O)[C@H](CCC(N)=O)NC(=O)CSSCC(=O)O. The molecule has 0 rings (SSSR count). The largest absolute Gasteiger partial charge is 0.481 e. The van der Waals surface area contributed by atoms with Gasteiger partial charge in [0.15, 0.2) is 6.61 Å². The number of amides is 8. The standard InChI is InChI=1S/C26H43N9O11S3/c1-29-46-12-21(39)31-9-8-30-20(38)11-32-24(43)17(7-10-47-2)35-26(45)16(4-6-19(28)37)34-25(44)15(3-5-18(27)36)33-22(40)13-48-49-14-23(41)42/h15-17H,1,3-14H2,2H3,(H2,27,36)(H2,28,37)(H,30,38)(H,31,39)(H,32,43)(H,33,40)(H,34,44)(H,35,45)(H,41,42)/t15-,16-,17-/m0/s1. The Hall–Kier alpha value is -4.25. The van der Waals surface area contributed by atoms with Crippen LogP contribution in [0.1, 0.15) is 32.1 Å². The van der Waals surface area contributed by atoms with Crippen LogP contribution in [0.3, 0.4) is 0 Å². The zero-order valence-electron chi connectivity index (χ0n) is 26.8. The molecule has 0 aliphatic heterocycles. The molecule has 276 valence electrons. The highest BCUT2D eigenvalue weighted by molar-refractivity contribution is 8.77. The van der Waals surface area contributed by atoms with Crippen molar-refractivity contribution in [2.75, 3.05) is 49.8 Å². The van der Waals surface area contributed by atoms with E-state index in [1.54, 1.807) is 6.26 Å². The van der Waals surface area contributed by atoms with Crippen LogP contribution in [-0.2, 0) is 48.0 Å². The van der Waals surface area contributed by atoms with Crippen molar-refractivity contribution in [3.8, 4) is 0 Å². The number of hydrogen-bond donors (Lipinski definition) is 9. The van der Waals surface area contributed by atoms with Crippen molar-refractivity contribution in [1.82, 2.24) is 31.9 Å². The van der Waals surface area contributed by atoms with Gasteiger partial charge in [0.1, 0.15) is 23.9 Å². The molecular weight excluding hydrogens is 711 g/mol. The third-order valence-corrected chi connectivity index (χ3v) is 8.58. The molecule has 3 atom stereocenters. The van der Waals surface area contributed by atoms with Gasteiger partial charge >= 0.3 is 5.97 Å². The van der Waals surface area contributed by atoms with E-state index in [1.807, 2.05) is 0 Å². The molecule has 0 aromatic rings. The number of carbonyl (C=O) groups is 9. The van der Waals surface area contributed by atoms with E-state index < -0.39 is 77.9 Å². The molecule has 0 bridgehead atoms. The minimum atomic E-state index is -1.41. The number of primary amides is 2. The summed E-state index contributed by atoms with van der Waals surface area (Å²) in [5.41, 5.74) is 10.4. The number of carboxylic acids is 1. The molecule has 23 heteroatoms. The number of nitrogens with one attached hydrogen (secondary N) is 6. The normalized spacial score (nSPS) is 12.2. The number of thioether (sulfide) groups is 1. The van der Waals surface area contributed by atoms with Gasteiger partial charge in [-0.15, -0.1) is 5.16 Å². The molecule has 0 spiro atoms. The lowest BCUT2D eigenvalue weighted by molar-refractivity contribution is -0.134. The lowest BCUT2D eigenvalue weighted by atomic mass is 10.1. The summed E-state index contributed by atoms with van der Waals surface area (Å²) < 4.78 is 0. The van der Waals surface area contributed by atoms with E-state index in [4.69, 9.17) is 16.6 Å². The van der Waals surface area contributed by atoms with Gasteiger partial charge in [-0.1, -0.05) is 21.6 Å². The summed E-state index contributed by atoms with van der Waals surface area (Å²) in [6, 6.07) is -3.91. The van der Waals surface area contributed by atoms with Crippen LogP contribution in [0.25, 0.3) is 0 Å². The van der Waals surface area contributed by atoms with Crippen LogP contribution < -0.4 is 43.4 Å². The van der Waals surface area contributed by atoms with Crippen LogP contribution in [0.4, 0.5) is 0 Å². The molecule has 0 fully saturated rings. The van der Waals surface area contributed by atoms with Crippen LogP contribution in [0.15, 0.2) is 5.16 Å². The van der Waals surface area contributed by atoms with E-state index in [2.05, 4.69) is 48.6 Å². The number of hydrogen-bond acceptors (Lipinski definition) is 14. The minimum Gasteiger partial charge on any atom is -0.481 e. The summed E-state index contributed by atoms with van der Waals surface area (Å²) in [6.45, 7) is 2.38. The minimum absolute atomic E-state index is 0.0409. The molecular formula is C26H43N9O11S3. The lowest BCUT2D eigenvalue weighted by Crippen LogP contribution is -2.57. The number of nitrogens with zero attached hydrogens (tertiary/aromatic N) is 1. The first-order valence-electron chi connectivity index (χ1n) is 14.5. The van der Waals surface area contributed by atoms with Gasteiger partial charge in [-0.25, -0.2) is 0 Å². The highest BCUT2D eigenvalue weighted by Gasteiger charge is 2.30. The highest BCUT2D eigenvalue weighted by Crippen LogP contribution is 2.20. The zero-order chi connectivity index (χ0) is 37.2. The Morgan fingerprint density at radius 2 is 1.22 bits per heavy atom. The van der Waals surface area contributed by atoms with E-state index in [1.165, 1.54) is 11.8 Å². The Kier molecular flexibility index (Phi) is 24.4. The molecule has 0 saturated carbocycles. The summed E-state index contributed by atoms with van der Waals surface area (Å²) in [5.74, 6) is -6.94. The van der Waals surface area contributed by atoms with Gasteiger partial charge in [0.2, 0.25) is 41.4 Å². The molecule has 0 aromatic carbocycles. The summed E-state index contributed by atoms with van der Waals surface area (Å²) in [6.07, 6.45) is 0.727. The van der Waals surface area contributed by atoms with Gasteiger partial charge in [0.25, 0.3) is 5.91 Å². The van der Waals surface area contributed by atoms with Gasteiger partial charge in [0.05, 0.1) is 12.3 Å². The Morgan fingerprint density at radius 1 is 0.714 bits per heavy atom. The average Bonchev–Trinajstić information content (AvgIpc) is 3.04. The number of carboxylic acid groups (broad SMARTS) is 1. The second kappa shape index (κ2) is 26.7. The van der Waals surface area contributed by atoms with Crippen LogP contribution in [-0.4, -0.2) is 133 Å².